The van der Waals surface area contributed by atoms with Gasteiger partial charge in [0.25, 0.3) is 0 Å². The van der Waals surface area contributed by atoms with Crippen molar-refractivity contribution in [3.05, 3.63) is 133 Å². The van der Waals surface area contributed by atoms with E-state index in [0.717, 1.165) is 39.0 Å². The second-order valence-corrected chi connectivity index (χ2v) is 10.2. The van der Waals surface area contributed by atoms with Crippen molar-refractivity contribution in [2.24, 2.45) is 0 Å². The lowest BCUT2D eigenvalue weighted by Gasteiger charge is -2.09. The number of aromatic nitrogens is 2. The maximum atomic E-state index is 6.71. The minimum absolute atomic E-state index is 0.881. The summed E-state index contributed by atoms with van der Waals surface area (Å²) in [5.74, 6) is 0. The normalized spacial score (nSPS) is 12.1. The van der Waals surface area contributed by atoms with Crippen LogP contribution in [0.3, 0.4) is 0 Å². The number of hydrogen-bond acceptors (Lipinski definition) is 1. The van der Waals surface area contributed by atoms with E-state index in [2.05, 4.69) is 137 Å². The first-order valence-corrected chi connectivity index (χ1v) is 13.3. The van der Waals surface area contributed by atoms with Crippen LogP contribution in [0, 0.1) is 0 Å². The van der Waals surface area contributed by atoms with Crippen molar-refractivity contribution in [2.75, 3.05) is 0 Å². The lowest BCUT2D eigenvalue weighted by Crippen LogP contribution is -1.93. The van der Waals surface area contributed by atoms with Crippen LogP contribution in [0.25, 0.3) is 76.9 Å². The Bertz CT molecular complexity index is 2390. The zero-order valence-corrected chi connectivity index (χ0v) is 21.0. The monoisotopic (exact) mass is 498 g/mol. The first-order valence-electron chi connectivity index (χ1n) is 13.3. The van der Waals surface area contributed by atoms with Crippen molar-refractivity contribution in [1.82, 2.24) is 9.13 Å². The average Bonchev–Trinajstić information content (AvgIpc) is 3.62. The number of furan rings is 1. The molecule has 0 atom stereocenters. The van der Waals surface area contributed by atoms with E-state index in [0.29, 0.717) is 0 Å². The molecule has 0 unspecified atom stereocenters. The summed E-state index contributed by atoms with van der Waals surface area (Å²) >= 11 is 0. The number of fused-ring (bicyclic) bond motifs is 9. The van der Waals surface area contributed by atoms with E-state index < -0.39 is 0 Å². The molecule has 0 aliphatic carbocycles. The van der Waals surface area contributed by atoms with Gasteiger partial charge in [-0.3, -0.25) is 4.57 Å². The summed E-state index contributed by atoms with van der Waals surface area (Å²) in [6.45, 7) is 0. The molecule has 39 heavy (non-hydrogen) atoms. The highest BCUT2D eigenvalue weighted by molar-refractivity contribution is 6.23. The molecule has 0 spiro atoms. The standard InChI is InChI=1S/C36H22N2O/c1-2-12-25(13-3-1)38-32-17-9-7-15-28(32)35-30-21-33-29(22-34(30)39-36(35)38)27-14-6-8-16-31(27)37(33)26-19-18-23-10-4-5-11-24(23)20-26/h1-22H. The molecule has 0 amide bonds. The lowest BCUT2D eigenvalue weighted by atomic mass is 10.1. The molecule has 3 aromatic heterocycles. The van der Waals surface area contributed by atoms with Crippen LogP contribution in [0.15, 0.2) is 138 Å². The largest absolute Gasteiger partial charge is 0.439 e. The van der Waals surface area contributed by atoms with Crippen molar-refractivity contribution in [3.8, 4) is 11.4 Å². The summed E-state index contributed by atoms with van der Waals surface area (Å²) in [7, 11) is 0. The van der Waals surface area contributed by atoms with Crippen molar-refractivity contribution in [2.45, 2.75) is 0 Å². The second-order valence-electron chi connectivity index (χ2n) is 10.2. The molecule has 0 fully saturated rings. The Labute approximate surface area is 223 Å². The van der Waals surface area contributed by atoms with E-state index >= 15 is 0 Å². The topological polar surface area (TPSA) is 23.0 Å². The fraction of sp³-hybridized carbons (Fsp3) is 0. The first kappa shape index (κ1) is 20.7. The molecule has 3 nitrogen and oxygen atoms in total. The average molecular weight is 499 g/mol. The third-order valence-electron chi connectivity index (χ3n) is 8.09. The molecule has 3 heterocycles. The number of rotatable bonds is 2. The van der Waals surface area contributed by atoms with Gasteiger partial charge in [-0.05, 0) is 59.3 Å². The molecule has 0 N–H and O–H groups in total. The molecule has 0 bridgehead atoms. The van der Waals surface area contributed by atoms with Crippen LogP contribution in [0.4, 0.5) is 0 Å². The molecule has 0 aliphatic rings. The minimum atomic E-state index is 0.881. The van der Waals surface area contributed by atoms with Gasteiger partial charge in [0, 0.05) is 32.9 Å². The fourth-order valence-corrected chi connectivity index (χ4v) is 6.38. The Morgan fingerprint density at radius 3 is 1.95 bits per heavy atom. The Morgan fingerprint density at radius 1 is 0.410 bits per heavy atom. The van der Waals surface area contributed by atoms with Gasteiger partial charge in [-0.15, -0.1) is 0 Å². The zero-order chi connectivity index (χ0) is 25.5. The molecule has 0 radical (unpaired) electrons. The Hall–Kier alpha value is -5.28. The van der Waals surface area contributed by atoms with Crippen LogP contribution in [0.2, 0.25) is 0 Å². The van der Waals surface area contributed by atoms with Gasteiger partial charge in [0.2, 0.25) is 5.71 Å². The van der Waals surface area contributed by atoms with Crippen molar-refractivity contribution >= 4 is 65.6 Å². The third-order valence-corrected chi connectivity index (χ3v) is 8.09. The summed E-state index contributed by atoms with van der Waals surface area (Å²) in [6.07, 6.45) is 0. The molecule has 9 aromatic rings. The Morgan fingerprint density at radius 2 is 1.10 bits per heavy atom. The molecule has 0 aliphatic heterocycles. The lowest BCUT2D eigenvalue weighted by molar-refractivity contribution is 0.646. The van der Waals surface area contributed by atoms with Gasteiger partial charge >= 0.3 is 0 Å². The summed E-state index contributed by atoms with van der Waals surface area (Å²) in [6, 6.07) is 47.6. The van der Waals surface area contributed by atoms with Crippen LogP contribution in [-0.2, 0) is 0 Å². The quantitative estimate of drug-likeness (QED) is 0.233. The smallest absolute Gasteiger partial charge is 0.213 e. The molecule has 0 saturated heterocycles. The second kappa shape index (κ2) is 7.62. The van der Waals surface area contributed by atoms with Crippen LogP contribution >= 0.6 is 0 Å². The summed E-state index contributed by atoms with van der Waals surface area (Å²) in [5, 5.41) is 8.38. The highest BCUT2D eigenvalue weighted by Gasteiger charge is 2.21. The van der Waals surface area contributed by atoms with Gasteiger partial charge in [-0.1, -0.05) is 84.9 Å². The van der Waals surface area contributed by atoms with E-state index in [1.807, 2.05) is 6.07 Å². The SMILES string of the molecule is c1ccc(-n2c3ccccc3c3c4cc5c(cc4oc32)c2ccccc2n5-c2ccc3ccccc3c2)cc1. The van der Waals surface area contributed by atoms with Crippen LogP contribution < -0.4 is 0 Å². The van der Waals surface area contributed by atoms with Crippen molar-refractivity contribution in [1.29, 1.82) is 0 Å². The molecule has 3 heteroatoms. The van der Waals surface area contributed by atoms with E-state index in [1.165, 1.54) is 38.0 Å². The van der Waals surface area contributed by atoms with Gasteiger partial charge in [0.1, 0.15) is 5.58 Å². The molecule has 0 saturated carbocycles. The van der Waals surface area contributed by atoms with Crippen LogP contribution in [0.5, 0.6) is 0 Å². The summed E-state index contributed by atoms with van der Waals surface area (Å²) in [5.41, 5.74) is 7.56. The zero-order valence-electron chi connectivity index (χ0n) is 21.0. The number of benzene rings is 6. The Kier molecular flexibility index (Phi) is 4.05. The van der Waals surface area contributed by atoms with Crippen molar-refractivity contribution < 1.29 is 4.42 Å². The minimum Gasteiger partial charge on any atom is -0.439 e. The fourth-order valence-electron chi connectivity index (χ4n) is 6.38. The van der Waals surface area contributed by atoms with Crippen LogP contribution in [-0.4, -0.2) is 9.13 Å². The summed E-state index contributed by atoms with van der Waals surface area (Å²) in [4.78, 5) is 0. The summed E-state index contributed by atoms with van der Waals surface area (Å²) < 4.78 is 11.3. The van der Waals surface area contributed by atoms with Crippen LogP contribution in [0.1, 0.15) is 0 Å². The molecular weight excluding hydrogens is 476 g/mol. The third kappa shape index (κ3) is 2.82. The molecule has 182 valence electrons. The van der Waals surface area contributed by atoms with E-state index in [9.17, 15) is 0 Å². The van der Waals surface area contributed by atoms with Gasteiger partial charge in [0.15, 0.2) is 0 Å². The maximum absolute atomic E-state index is 6.71. The molecular formula is C36H22N2O. The Balaban J connectivity index is 1.44. The molecule has 6 aromatic carbocycles. The van der Waals surface area contributed by atoms with Gasteiger partial charge in [0.05, 0.1) is 21.9 Å². The van der Waals surface area contributed by atoms with Gasteiger partial charge < -0.3 is 8.98 Å². The van der Waals surface area contributed by atoms with Crippen molar-refractivity contribution in [3.63, 3.8) is 0 Å². The number of nitrogens with zero attached hydrogens (tertiary/aromatic N) is 2. The van der Waals surface area contributed by atoms with E-state index in [4.69, 9.17) is 4.42 Å². The van der Waals surface area contributed by atoms with E-state index in [1.54, 1.807) is 0 Å². The predicted molar refractivity (Wildman–Crippen MR) is 162 cm³/mol. The number of hydrogen-bond donors (Lipinski definition) is 0. The number of para-hydroxylation sites is 3. The van der Waals surface area contributed by atoms with Gasteiger partial charge in [-0.25, -0.2) is 0 Å². The first-order chi connectivity index (χ1) is 19.3. The highest BCUT2D eigenvalue weighted by Crippen LogP contribution is 2.42. The molecule has 9 rings (SSSR count). The highest BCUT2D eigenvalue weighted by atomic mass is 16.3. The predicted octanol–water partition coefficient (Wildman–Crippen LogP) is 9.78. The van der Waals surface area contributed by atoms with E-state index in [-0.39, 0.29) is 0 Å². The maximum Gasteiger partial charge on any atom is 0.213 e. The van der Waals surface area contributed by atoms with Gasteiger partial charge in [-0.2, -0.15) is 0 Å².